The minimum absolute atomic E-state index is 0.145. The van der Waals surface area contributed by atoms with Crippen molar-refractivity contribution in [2.24, 2.45) is 0 Å². The molecule has 0 saturated carbocycles. The highest BCUT2D eigenvalue weighted by Gasteiger charge is 2.37. The van der Waals surface area contributed by atoms with Crippen LogP contribution in [0.2, 0.25) is 5.02 Å². The highest BCUT2D eigenvalue weighted by molar-refractivity contribution is 6.32. The Balaban J connectivity index is 1.97. The van der Waals surface area contributed by atoms with Crippen LogP contribution in [0.15, 0.2) is 36.4 Å². The van der Waals surface area contributed by atoms with Gasteiger partial charge in [0, 0.05) is 5.02 Å². The van der Waals surface area contributed by atoms with Crippen molar-refractivity contribution in [3.8, 4) is 0 Å². The first kappa shape index (κ1) is 21.6. The van der Waals surface area contributed by atoms with E-state index in [2.05, 4.69) is 52.8 Å². The van der Waals surface area contributed by atoms with E-state index in [1.807, 2.05) is 19.1 Å². The quantitative estimate of drug-likeness (QED) is 0.387. The van der Waals surface area contributed by atoms with E-state index in [0.717, 1.165) is 21.7 Å². The highest BCUT2D eigenvalue weighted by atomic mass is 35.5. The molecule has 0 atom stereocenters. The van der Waals surface area contributed by atoms with Crippen LogP contribution in [0.5, 0.6) is 0 Å². The van der Waals surface area contributed by atoms with Crippen LogP contribution in [0, 0.1) is 0 Å². The molecule has 0 radical (unpaired) electrons. The summed E-state index contributed by atoms with van der Waals surface area (Å²) in [6.45, 7) is 13.5. The lowest BCUT2D eigenvalue weighted by Gasteiger charge is -2.42. The molecule has 1 aliphatic carbocycles. The number of benzene rings is 2. The van der Waals surface area contributed by atoms with Gasteiger partial charge in [-0.15, -0.1) is 0 Å². The molecule has 0 amide bonds. The van der Waals surface area contributed by atoms with E-state index < -0.39 is 0 Å². The van der Waals surface area contributed by atoms with Crippen molar-refractivity contribution in [1.82, 2.24) is 0 Å². The minimum Gasteiger partial charge on any atom is -0.462 e. The third kappa shape index (κ3) is 4.43. The molecule has 0 heterocycles. The molecule has 1 aliphatic rings. The maximum Gasteiger partial charge on any atom is 0.338 e. The van der Waals surface area contributed by atoms with Crippen molar-refractivity contribution in [1.29, 1.82) is 0 Å². The largest absolute Gasteiger partial charge is 0.462 e. The fraction of sp³-hybridized carbons (Fsp3) is 0.423. The molecule has 154 valence electrons. The number of esters is 1. The fourth-order valence-electron chi connectivity index (χ4n) is 4.15. The second-order valence-electron chi connectivity index (χ2n) is 9.32. The van der Waals surface area contributed by atoms with Crippen LogP contribution >= 0.6 is 11.6 Å². The van der Waals surface area contributed by atoms with E-state index in [1.165, 1.54) is 24.0 Å². The topological polar surface area (TPSA) is 26.3 Å². The third-order valence-corrected chi connectivity index (χ3v) is 6.48. The highest BCUT2D eigenvalue weighted by Crippen LogP contribution is 2.47. The Hall–Kier alpha value is -2.06. The summed E-state index contributed by atoms with van der Waals surface area (Å²) in [5.74, 6) is -0.290. The number of rotatable bonds is 4. The molecule has 29 heavy (non-hydrogen) atoms. The molecule has 0 unspecified atom stereocenters. The van der Waals surface area contributed by atoms with Crippen LogP contribution in [0.4, 0.5) is 0 Å². The number of hydrogen-bond donors (Lipinski definition) is 0. The molecule has 2 nitrogen and oxygen atoms in total. The van der Waals surface area contributed by atoms with Gasteiger partial charge in [0.05, 0.1) is 12.2 Å². The maximum atomic E-state index is 11.8. The van der Waals surface area contributed by atoms with E-state index in [0.29, 0.717) is 12.2 Å². The van der Waals surface area contributed by atoms with Crippen LogP contribution in [0.25, 0.3) is 11.6 Å². The molecular formula is C26H31ClO2. The molecule has 2 aromatic rings. The van der Waals surface area contributed by atoms with Gasteiger partial charge in [-0.1, -0.05) is 57.5 Å². The first-order valence-corrected chi connectivity index (χ1v) is 10.7. The normalized spacial score (nSPS) is 17.6. The van der Waals surface area contributed by atoms with Gasteiger partial charge in [0.25, 0.3) is 0 Å². The lowest BCUT2D eigenvalue weighted by molar-refractivity contribution is 0.0526. The number of carbonyl (C=O) groups excluding carboxylic acids is 1. The van der Waals surface area contributed by atoms with Crippen molar-refractivity contribution in [2.45, 2.75) is 65.2 Å². The van der Waals surface area contributed by atoms with Crippen LogP contribution in [-0.2, 0) is 15.6 Å². The fourth-order valence-corrected chi connectivity index (χ4v) is 4.46. The number of carbonyl (C=O) groups is 1. The standard InChI is InChI=1S/C26H31ClO2/c1-7-29-24(28)19-10-8-18(9-11-19)14-17(2)20-15-21-22(16-23(20)27)26(5,6)13-12-25(21,3)4/h8-11,14-16H,7,12-13H2,1-6H3/b17-14+. The molecule has 0 fully saturated rings. The van der Waals surface area contributed by atoms with Gasteiger partial charge in [-0.2, -0.15) is 0 Å². The van der Waals surface area contributed by atoms with E-state index in [-0.39, 0.29) is 16.8 Å². The Bertz CT molecular complexity index is 949. The van der Waals surface area contributed by atoms with Crippen LogP contribution in [0.1, 0.15) is 87.0 Å². The number of fused-ring (bicyclic) bond motifs is 1. The number of ether oxygens (including phenoxy) is 1. The molecule has 2 aromatic carbocycles. The Labute approximate surface area is 179 Å². The molecule has 0 aliphatic heterocycles. The zero-order chi connectivity index (χ0) is 21.4. The van der Waals surface area contributed by atoms with E-state index in [1.54, 1.807) is 12.1 Å². The van der Waals surface area contributed by atoms with Crippen molar-refractivity contribution in [3.63, 3.8) is 0 Å². The zero-order valence-corrected chi connectivity index (χ0v) is 19.1. The van der Waals surface area contributed by atoms with Gasteiger partial charge in [-0.05, 0) is 89.6 Å². The number of allylic oxidation sites excluding steroid dienone is 1. The lowest BCUT2D eigenvalue weighted by Crippen LogP contribution is -2.34. The zero-order valence-electron chi connectivity index (χ0n) is 18.4. The van der Waals surface area contributed by atoms with Gasteiger partial charge in [0.15, 0.2) is 0 Å². The van der Waals surface area contributed by atoms with Gasteiger partial charge >= 0.3 is 5.97 Å². The summed E-state index contributed by atoms with van der Waals surface area (Å²) in [4.78, 5) is 11.8. The summed E-state index contributed by atoms with van der Waals surface area (Å²) in [6.07, 6.45) is 4.46. The second kappa shape index (κ2) is 7.99. The average Bonchev–Trinajstić information content (AvgIpc) is 2.66. The monoisotopic (exact) mass is 410 g/mol. The summed E-state index contributed by atoms with van der Waals surface area (Å²) in [5.41, 5.74) is 6.85. The van der Waals surface area contributed by atoms with Crippen LogP contribution in [-0.4, -0.2) is 12.6 Å². The average molecular weight is 411 g/mol. The first-order valence-electron chi connectivity index (χ1n) is 10.4. The van der Waals surface area contributed by atoms with Crippen molar-refractivity contribution in [2.75, 3.05) is 6.61 Å². The van der Waals surface area contributed by atoms with Gasteiger partial charge in [-0.25, -0.2) is 4.79 Å². The van der Waals surface area contributed by atoms with Crippen LogP contribution < -0.4 is 0 Å². The van der Waals surface area contributed by atoms with Gasteiger partial charge in [-0.3, -0.25) is 0 Å². The molecule has 0 aromatic heterocycles. The molecule has 0 saturated heterocycles. The minimum atomic E-state index is -0.290. The second-order valence-corrected chi connectivity index (χ2v) is 9.72. The molecule has 3 heteroatoms. The number of hydrogen-bond acceptors (Lipinski definition) is 2. The molecular weight excluding hydrogens is 380 g/mol. The van der Waals surface area contributed by atoms with Crippen molar-refractivity contribution >= 4 is 29.2 Å². The summed E-state index contributed by atoms with van der Waals surface area (Å²) >= 11 is 6.74. The van der Waals surface area contributed by atoms with E-state index in [4.69, 9.17) is 16.3 Å². The SMILES string of the molecule is CCOC(=O)c1ccc(/C=C(\C)c2cc3c(cc2Cl)C(C)(C)CCC3(C)C)cc1. The Morgan fingerprint density at radius 1 is 1.03 bits per heavy atom. The van der Waals surface area contributed by atoms with E-state index in [9.17, 15) is 4.79 Å². The van der Waals surface area contributed by atoms with Crippen LogP contribution in [0.3, 0.4) is 0 Å². The molecule has 0 spiro atoms. The van der Waals surface area contributed by atoms with Gasteiger partial charge < -0.3 is 4.74 Å². The third-order valence-electron chi connectivity index (χ3n) is 6.17. The summed E-state index contributed by atoms with van der Waals surface area (Å²) in [6, 6.07) is 11.9. The first-order chi connectivity index (χ1) is 13.5. The summed E-state index contributed by atoms with van der Waals surface area (Å²) in [7, 11) is 0. The summed E-state index contributed by atoms with van der Waals surface area (Å²) in [5, 5.41) is 0.798. The smallest absolute Gasteiger partial charge is 0.338 e. The van der Waals surface area contributed by atoms with Gasteiger partial charge in [0.2, 0.25) is 0 Å². The van der Waals surface area contributed by atoms with Crippen molar-refractivity contribution in [3.05, 3.63) is 69.2 Å². The van der Waals surface area contributed by atoms with Gasteiger partial charge in [0.1, 0.15) is 0 Å². The number of halogens is 1. The maximum absolute atomic E-state index is 11.8. The predicted octanol–water partition coefficient (Wildman–Crippen LogP) is 7.43. The molecule has 0 bridgehead atoms. The molecule has 3 rings (SSSR count). The summed E-state index contributed by atoms with van der Waals surface area (Å²) < 4.78 is 5.05. The Kier molecular flexibility index (Phi) is 5.96. The Morgan fingerprint density at radius 2 is 1.59 bits per heavy atom. The lowest BCUT2D eigenvalue weighted by atomic mass is 9.63. The van der Waals surface area contributed by atoms with E-state index >= 15 is 0 Å². The Morgan fingerprint density at radius 3 is 2.14 bits per heavy atom. The predicted molar refractivity (Wildman–Crippen MR) is 123 cm³/mol. The molecule has 0 N–H and O–H groups in total. The van der Waals surface area contributed by atoms with Crippen molar-refractivity contribution < 1.29 is 9.53 Å².